The second-order valence-corrected chi connectivity index (χ2v) is 3.27. The van der Waals surface area contributed by atoms with E-state index in [9.17, 15) is 0 Å². The first-order valence-electron chi connectivity index (χ1n) is 4.39. The SMILES string of the molecule is Cc1cc(-c2ccc(N)cn2)nn1C. The number of nitrogen functional groups attached to an aromatic ring is 1. The Labute approximate surface area is 82.4 Å². The molecule has 0 aliphatic carbocycles. The summed E-state index contributed by atoms with van der Waals surface area (Å²) in [7, 11) is 1.91. The van der Waals surface area contributed by atoms with Gasteiger partial charge in [-0.25, -0.2) is 0 Å². The number of rotatable bonds is 1. The molecule has 72 valence electrons. The molecule has 0 spiro atoms. The van der Waals surface area contributed by atoms with Gasteiger partial charge in [0.15, 0.2) is 0 Å². The van der Waals surface area contributed by atoms with Crippen molar-refractivity contribution in [3.8, 4) is 11.4 Å². The van der Waals surface area contributed by atoms with Crippen molar-refractivity contribution < 1.29 is 0 Å². The van der Waals surface area contributed by atoms with Gasteiger partial charge in [0.1, 0.15) is 5.69 Å². The molecule has 4 nitrogen and oxygen atoms in total. The monoisotopic (exact) mass is 188 g/mol. The van der Waals surface area contributed by atoms with Gasteiger partial charge in [-0.2, -0.15) is 5.10 Å². The van der Waals surface area contributed by atoms with E-state index in [1.54, 1.807) is 6.20 Å². The van der Waals surface area contributed by atoms with Gasteiger partial charge in [-0.15, -0.1) is 0 Å². The van der Waals surface area contributed by atoms with Gasteiger partial charge >= 0.3 is 0 Å². The van der Waals surface area contributed by atoms with E-state index in [-0.39, 0.29) is 0 Å². The Morgan fingerprint density at radius 3 is 2.57 bits per heavy atom. The number of anilines is 1. The van der Waals surface area contributed by atoms with Crippen molar-refractivity contribution in [2.45, 2.75) is 6.92 Å². The standard InChI is InChI=1S/C10H12N4/c1-7-5-10(13-14(7)2)9-4-3-8(11)6-12-9/h3-6H,11H2,1-2H3. The number of pyridine rings is 1. The summed E-state index contributed by atoms with van der Waals surface area (Å²) in [4.78, 5) is 4.20. The predicted molar refractivity (Wildman–Crippen MR) is 55.6 cm³/mol. The van der Waals surface area contributed by atoms with E-state index in [4.69, 9.17) is 5.73 Å². The maximum atomic E-state index is 5.55. The molecule has 0 bridgehead atoms. The van der Waals surface area contributed by atoms with E-state index in [1.807, 2.05) is 36.9 Å². The number of nitrogens with two attached hydrogens (primary N) is 1. The van der Waals surface area contributed by atoms with Gasteiger partial charge in [0.05, 0.1) is 17.6 Å². The highest BCUT2D eigenvalue weighted by atomic mass is 15.3. The van der Waals surface area contributed by atoms with E-state index in [0.717, 1.165) is 17.1 Å². The zero-order valence-electron chi connectivity index (χ0n) is 8.23. The summed E-state index contributed by atoms with van der Waals surface area (Å²) in [6.45, 7) is 2.01. The molecular formula is C10H12N4. The van der Waals surface area contributed by atoms with Crippen molar-refractivity contribution in [2.75, 3.05) is 5.73 Å². The predicted octanol–water partition coefficient (Wildman–Crippen LogP) is 1.37. The van der Waals surface area contributed by atoms with Crippen LogP contribution in [0.5, 0.6) is 0 Å². The Morgan fingerprint density at radius 1 is 1.29 bits per heavy atom. The van der Waals surface area contributed by atoms with Gasteiger partial charge in [0, 0.05) is 12.7 Å². The molecule has 4 heteroatoms. The van der Waals surface area contributed by atoms with Crippen molar-refractivity contribution >= 4 is 5.69 Å². The van der Waals surface area contributed by atoms with Crippen LogP contribution in [0.2, 0.25) is 0 Å². The molecule has 0 unspecified atom stereocenters. The molecule has 0 fully saturated rings. The average molecular weight is 188 g/mol. The van der Waals surface area contributed by atoms with Crippen LogP contribution in [0.15, 0.2) is 24.4 Å². The molecule has 0 aliphatic heterocycles. The molecule has 2 aromatic heterocycles. The van der Waals surface area contributed by atoms with Crippen molar-refractivity contribution in [1.82, 2.24) is 14.8 Å². The Morgan fingerprint density at radius 2 is 2.07 bits per heavy atom. The number of hydrogen-bond acceptors (Lipinski definition) is 3. The zero-order chi connectivity index (χ0) is 10.1. The molecule has 2 rings (SSSR count). The summed E-state index contributed by atoms with van der Waals surface area (Å²) < 4.78 is 1.83. The van der Waals surface area contributed by atoms with Crippen molar-refractivity contribution in [2.24, 2.45) is 7.05 Å². The fourth-order valence-electron chi connectivity index (χ4n) is 1.24. The smallest absolute Gasteiger partial charge is 0.111 e. The van der Waals surface area contributed by atoms with E-state index >= 15 is 0 Å². The number of aryl methyl sites for hydroxylation is 2. The summed E-state index contributed by atoms with van der Waals surface area (Å²) >= 11 is 0. The maximum Gasteiger partial charge on any atom is 0.111 e. The molecule has 0 saturated heterocycles. The summed E-state index contributed by atoms with van der Waals surface area (Å²) in [5.74, 6) is 0. The van der Waals surface area contributed by atoms with E-state index in [1.165, 1.54) is 0 Å². The molecule has 2 N–H and O–H groups in total. The highest BCUT2D eigenvalue weighted by Crippen LogP contribution is 2.16. The molecule has 0 amide bonds. The first-order chi connectivity index (χ1) is 6.66. The van der Waals surface area contributed by atoms with Crippen LogP contribution in [0.1, 0.15) is 5.69 Å². The zero-order valence-corrected chi connectivity index (χ0v) is 8.23. The van der Waals surface area contributed by atoms with Crippen molar-refractivity contribution in [3.05, 3.63) is 30.1 Å². The third-order valence-corrected chi connectivity index (χ3v) is 2.16. The Bertz CT molecular complexity index is 422. The molecule has 0 aromatic carbocycles. The lowest BCUT2D eigenvalue weighted by Gasteiger charge is -1.95. The fraction of sp³-hybridized carbons (Fsp3) is 0.200. The minimum absolute atomic E-state index is 0.668. The van der Waals surface area contributed by atoms with E-state index < -0.39 is 0 Å². The Balaban J connectivity index is 2.44. The quantitative estimate of drug-likeness (QED) is 0.735. The minimum Gasteiger partial charge on any atom is -0.397 e. The fourth-order valence-corrected chi connectivity index (χ4v) is 1.24. The van der Waals surface area contributed by atoms with Gasteiger partial charge in [0.2, 0.25) is 0 Å². The van der Waals surface area contributed by atoms with Crippen LogP contribution < -0.4 is 5.73 Å². The van der Waals surface area contributed by atoms with Crippen molar-refractivity contribution in [3.63, 3.8) is 0 Å². The molecule has 2 heterocycles. The van der Waals surface area contributed by atoms with Crippen LogP contribution in [0.3, 0.4) is 0 Å². The molecule has 2 aromatic rings. The highest BCUT2D eigenvalue weighted by molar-refractivity contribution is 5.56. The summed E-state index contributed by atoms with van der Waals surface area (Å²) in [6, 6.07) is 5.70. The number of aromatic nitrogens is 3. The highest BCUT2D eigenvalue weighted by Gasteiger charge is 2.04. The lowest BCUT2D eigenvalue weighted by Crippen LogP contribution is -1.93. The third kappa shape index (κ3) is 1.46. The second kappa shape index (κ2) is 3.14. The van der Waals surface area contributed by atoms with Gasteiger partial charge in [-0.3, -0.25) is 9.67 Å². The van der Waals surface area contributed by atoms with Gasteiger partial charge in [-0.05, 0) is 25.1 Å². The number of nitrogens with zero attached hydrogens (tertiary/aromatic N) is 3. The average Bonchev–Trinajstić information content (AvgIpc) is 2.48. The molecule has 0 atom stereocenters. The van der Waals surface area contributed by atoms with E-state index in [0.29, 0.717) is 5.69 Å². The summed E-state index contributed by atoms with van der Waals surface area (Å²) in [5, 5.41) is 4.32. The lowest BCUT2D eigenvalue weighted by atomic mass is 10.2. The largest absolute Gasteiger partial charge is 0.397 e. The van der Waals surface area contributed by atoms with Crippen molar-refractivity contribution in [1.29, 1.82) is 0 Å². The first-order valence-corrected chi connectivity index (χ1v) is 4.39. The minimum atomic E-state index is 0.668. The Kier molecular flexibility index (Phi) is 1.96. The Hall–Kier alpha value is -1.84. The van der Waals surface area contributed by atoms with Gasteiger partial charge < -0.3 is 5.73 Å². The maximum absolute atomic E-state index is 5.55. The normalized spacial score (nSPS) is 10.4. The van der Waals surface area contributed by atoms with Gasteiger partial charge in [-0.1, -0.05) is 0 Å². The third-order valence-electron chi connectivity index (χ3n) is 2.16. The van der Waals surface area contributed by atoms with Gasteiger partial charge in [0.25, 0.3) is 0 Å². The van der Waals surface area contributed by atoms with Crippen LogP contribution in [0.25, 0.3) is 11.4 Å². The van der Waals surface area contributed by atoms with Crippen LogP contribution in [-0.4, -0.2) is 14.8 Å². The summed E-state index contributed by atoms with van der Waals surface area (Å²) in [5.41, 5.74) is 9.06. The van der Waals surface area contributed by atoms with E-state index in [2.05, 4.69) is 10.1 Å². The van der Waals surface area contributed by atoms with Crippen LogP contribution >= 0.6 is 0 Å². The molecule has 14 heavy (non-hydrogen) atoms. The second-order valence-electron chi connectivity index (χ2n) is 3.27. The van der Waals surface area contributed by atoms with Crippen LogP contribution in [0, 0.1) is 6.92 Å². The topological polar surface area (TPSA) is 56.7 Å². The number of hydrogen-bond donors (Lipinski definition) is 1. The van der Waals surface area contributed by atoms with Crippen LogP contribution in [0.4, 0.5) is 5.69 Å². The summed E-state index contributed by atoms with van der Waals surface area (Å²) in [6.07, 6.45) is 1.64. The lowest BCUT2D eigenvalue weighted by molar-refractivity contribution is 0.742. The molecule has 0 aliphatic rings. The first kappa shape index (κ1) is 8.74. The van der Waals surface area contributed by atoms with Crippen LogP contribution in [-0.2, 0) is 7.05 Å². The molecule has 0 radical (unpaired) electrons. The molecule has 0 saturated carbocycles. The molecular weight excluding hydrogens is 176 g/mol.